The number of hydrogen-bond acceptors (Lipinski definition) is 4. The van der Waals surface area contributed by atoms with Crippen molar-refractivity contribution < 1.29 is 0 Å². The first-order valence-electron chi connectivity index (χ1n) is 6.03. The Kier molecular flexibility index (Phi) is 4.31. The predicted molar refractivity (Wildman–Crippen MR) is 78.2 cm³/mol. The Labute approximate surface area is 119 Å². The van der Waals surface area contributed by atoms with Crippen LogP contribution in [0, 0.1) is 6.92 Å². The molecule has 0 aliphatic heterocycles. The summed E-state index contributed by atoms with van der Waals surface area (Å²) in [7, 11) is 0. The number of anilines is 1. The van der Waals surface area contributed by atoms with Crippen LogP contribution in [0.2, 0.25) is 0 Å². The molecule has 0 saturated carbocycles. The van der Waals surface area contributed by atoms with Crippen molar-refractivity contribution in [3.8, 4) is 0 Å². The molecular weight excluding hydrogens is 308 g/mol. The summed E-state index contributed by atoms with van der Waals surface area (Å²) in [4.78, 5) is 16.2. The summed E-state index contributed by atoms with van der Waals surface area (Å²) >= 11 is 3.31. The van der Waals surface area contributed by atoms with Crippen molar-refractivity contribution in [3.63, 3.8) is 0 Å². The van der Waals surface area contributed by atoms with Crippen LogP contribution < -0.4 is 10.9 Å². The molecule has 0 aromatic carbocycles. The Morgan fingerprint density at radius 2 is 2.26 bits per heavy atom. The summed E-state index contributed by atoms with van der Waals surface area (Å²) in [5.74, 6) is 0. The van der Waals surface area contributed by atoms with E-state index in [4.69, 9.17) is 0 Å². The van der Waals surface area contributed by atoms with Gasteiger partial charge in [0.1, 0.15) is 4.47 Å². The lowest BCUT2D eigenvalue weighted by Crippen LogP contribution is -2.23. The highest BCUT2D eigenvalue weighted by atomic mass is 79.9. The van der Waals surface area contributed by atoms with Crippen LogP contribution in [0.5, 0.6) is 0 Å². The summed E-state index contributed by atoms with van der Waals surface area (Å²) < 4.78 is 1.90. The van der Waals surface area contributed by atoms with Crippen molar-refractivity contribution in [2.75, 3.05) is 5.32 Å². The first kappa shape index (κ1) is 13.7. The van der Waals surface area contributed by atoms with Crippen LogP contribution in [0.1, 0.15) is 18.2 Å². The Hall–Kier alpha value is -1.69. The van der Waals surface area contributed by atoms with Gasteiger partial charge < -0.3 is 5.32 Å². The summed E-state index contributed by atoms with van der Waals surface area (Å²) in [5.41, 5.74) is 2.61. The number of aromatic nitrogens is 3. The molecule has 19 heavy (non-hydrogen) atoms. The van der Waals surface area contributed by atoms with Crippen LogP contribution in [0.3, 0.4) is 0 Å². The van der Waals surface area contributed by atoms with Crippen LogP contribution in [-0.4, -0.2) is 14.8 Å². The molecule has 2 rings (SSSR count). The number of nitrogens with zero attached hydrogens (tertiary/aromatic N) is 3. The standard InChI is InChI=1S/C13H15BrN4O/c1-3-18-13(19)12(14)11(8-17-18)16-7-10-9(2)5-4-6-15-10/h4-6,8,16H,3,7H2,1-2H3. The maximum atomic E-state index is 11.9. The van der Waals surface area contributed by atoms with Gasteiger partial charge in [-0.2, -0.15) is 5.10 Å². The van der Waals surface area contributed by atoms with E-state index in [1.54, 1.807) is 12.4 Å². The van der Waals surface area contributed by atoms with Gasteiger partial charge in [0.15, 0.2) is 0 Å². The highest BCUT2D eigenvalue weighted by molar-refractivity contribution is 9.10. The largest absolute Gasteiger partial charge is 0.377 e. The molecule has 2 heterocycles. The smallest absolute Gasteiger partial charge is 0.283 e. The molecule has 0 fully saturated rings. The average Bonchev–Trinajstić information content (AvgIpc) is 2.42. The van der Waals surface area contributed by atoms with Gasteiger partial charge in [0.25, 0.3) is 5.56 Å². The second kappa shape index (κ2) is 5.97. The Balaban J connectivity index is 2.19. The van der Waals surface area contributed by atoms with Crippen LogP contribution in [0.4, 0.5) is 5.69 Å². The summed E-state index contributed by atoms with van der Waals surface area (Å²) in [6.07, 6.45) is 3.40. The van der Waals surface area contributed by atoms with Crippen molar-refractivity contribution in [3.05, 3.63) is 50.6 Å². The zero-order chi connectivity index (χ0) is 13.8. The van der Waals surface area contributed by atoms with E-state index >= 15 is 0 Å². The van der Waals surface area contributed by atoms with Crippen LogP contribution in [0.25, 0.3) is 0 Å². The van der Waals surface area contributed by atoms with Gasteiger partial charge in [-0.15, -0.1) is 0 Å². The lowest BCUT2D eigenvalue weighted by Gasteiger charge is -2.10. The van der Waals surface area contributed by atoms with Gasteiger partial charge in [-0.1, -0.05) is 6.07 Å². The topological polar surface area (TPSA) is 59.8 Å². The molecule has 0 bridgehead atoms. The second-order valence-electron chi connectivity index (χ2n) is 4.11. The lowest BCUT2D eigenvalue weighted by molar-refractivity contribution is 0.613. The van der Waals surface area contributed by atoms with E-state index in [1.165, 1.54) is 4.68 Å². The number of hydrogen-bond donors (Lipinski definition) is 1. The van der Waals surface area contributed by atoms with Gasteiger partial charge in [0.05, 0.1) is 24.1 Å². The minimum Gasteiger partial charge on any atom is -0.377 e. The Morgan fingerprint density at radius 3 is 2.95 bits per heavy atom. The molecule has 2 aromatic heterocycles. The molecule has 1 N–H and O–H groups in total. The molecule has 6 heteroatoms. The molecule has 5 nitrogen and oxygen atoms in total. The first-order valence-corrected chi connectivity index (χ1v) is 6.82. The van der Waals surface area contributed by atoms with Crippen molar-refractivity contribution >= 4 is 21.6 Å². The normalized spacial score (nSPS) is 10.5. The van der Waals surface area contributed by atoms with E-state index < -0.39 is 0 Å². The van der Waals surface area contributed by atoms with E-state index in [1.807, 2.05) is 26.0 Å². The maximum Gasteiger partial charge on any atom is 0.283 e. The summed E-state index contributed by atoms with van der Waals surface area (Å²) in [5, 5.41) is 7.26. The number of pyridine rings is 1. The minimum atomic E-state index is -0.134. The van der Waals surface area contributed by atoms with E-state index in [9.17, 15) is 4.79 Å². The van der Waals surface area contributed by atoms with Crippen molar-refractivity contribution in [1.29, 1.82) is 0 Å². The lowest BCUT2D eigenvalue weighted by atomic mass is 10.2. The fraction of sp³-hybridized carbons (Fsp3) is 0.308. The van der Waals surface area contributed by atoms with Crippen LogP contribution >= 0.6 is 15.9 Å². The van der Waals surface area contributed by atoms with Gasteiger partial charge in [0.2, 0.25) is 0 Å². The monoisotopic (exact) mass is 322 g/mol. The number of halogens is 1. The SMILES string of the molecule is CCn1ncc(NCc2ncccc2C)c(Br)c1=O. The first-order chi connectivity index (χ1) is 9.13. The number of rotatable bonds is 4. The molecule has 0 saturated heterocycles. The maximum absolute atomic E-state index is 11.9. The Bertz CT molecular complexity index is 639. The molecular formula is C13H15BrN4O. The van der Waals surface area contributed by atoms with Crippen molar-refractivity contribution in [2.45, 2.75) is 26.9 Å². The molecule has 0 unspecified atom stereocenters. The third-order valence-corrected chi connectivity index (χ3v) is 3.61. The van der Waals surface area contributed by atoms with Gasteiger partial charge in [0, 0.05) is 12.7 Å². The van der Waals surface area contributed by atoms with Gasteiger partial charge >= 0.3 is 0 Å². The molecule has 100 valence electrons. The molecule has 2 aromatic rings. The molecule has 0 amide bonds. The number of aryl methyl sites for hydroxylation is 2. The Morgan fingerprint density at radius 1 is 1.47 bits per heavy atom. The average molecular weight is 323 g/mol. The highest BCUT2D eigenvalue weighted by Crippen LogP contribution is 2.17. The summed E-state index contributed by atoms with van der Waals surface area (Å²) in [6.45, 7) is 5.00. The van der Waals surface area contributed by atoms with Gasteiger partial charge in [-0.05, 0) is 41.4 Å². The fourth-order valence-corrected chi connectivity index (χ4v) is 2.14. The highest BCUT2D eigenvalue weighted by Gasteiger charge is 2.08. The fourth-order valence-electron chi connectivity index (χ4n) is 1.70. The quantitative estimate of drug-likeness (QED) is 0.938. The van der Waals surface area contributed by atoms with Gasteiger partial charge in [-0.25, -0.2) is 4.68 Å². The van der Waals surface area contributed by atoms with E-state index in [0.29, 0.717) is 23.2 Å². The zero-order valence-electron chi connectivity index (χ0n) is 10.9. The van der Waals surface area contributed by atoms with E-state index in [2.05, 4.69) is 31.3 Å². The van der Waals surface area contributed by atoms with E-state index in [0.717, 1.165) is 11.3 Å². The zero-order valence-corrected chi connectivity index (χ0v) is 12.4. The minimum absolute atomic E-state index is 0.134. The molecule has 0 spiro atoms. The molecule has 0 aliphatic rings. The third kappa shape index (κ3) is 3.01. The van der Waals surface area contributed by atoms with E-state index in [-0.39, 0.29) is 5.56 Å². The van der Waals surface area contributed by atoms with Gasteiger partial charge in [-0.3, -0.25) is 9.78 Å². The second-order valence-corrected chi connectivity index (χ2v) is 4.91. The molecule has 0 radical (unpaired) electrons. The summed E-state index contributed by atoms with van der Waals surface area (Å²) in [6, 6.07) is 3.91. The third-order valence-electron chi connectivity index (χ3n) is 2.85. The number of nitrogens with one attached hydrogen (secondary N) is 1. The van der Waals surface area contributed by atoms with Crippen molar-refractivity contribution in [1.82, 2.24) is 14.8 Å². The molecule has 0 aliphatic carbocycles. The van der Waals surface area contributed by atoms with Crippen molar-refractivity contribution in [2.24, 2.45) is 0 Å². The molecule has 0 atom stereocenters. The predicted octanol–water partition coefficient (Wildman–Crippen LogP) is 2.34. The van der Waals surface area contributed by atoms with Crippen LogP contribution in [-0.2, 0) is 13.1 Å². The van der Waals surface area contributed by atoms with Crippen LogP contribution in [0.15, 0.2) is 33.8 Å².